The molecule has 112 valence electrons. The van der Waals surface area contributed by atoms with Crippen LogP contribution in [0.15, 0.2) is 33.6 Å². The molecule has 6 heteroatoms. The standard InChI is InChI=1S/C15H18N2O3S/c1-10-4-6-13(7-5-10)21(18,19)17-9-8-14-15(11(17)2)20-12(3)16-14/h4-7,11H,8-9H2,1-3H3. The molecular formula is C15H18N2O3S. The monoisotopic (exact) mass is 306 g/mol. The molecule has 0 saturated heterocycles. The number of hydrogen-bond donors (Lipinski definition) is 0. The van der Waals surface area contributed by atoms with Crippen LogP contribution in [-0.2, 0) is 16.4 Å². The molecule has 3 rings (SSSR count). The van der Waals surface area contributed by atoms with Gasteiger partial charge in [0.25, 0.3) is 0 Å². The van der Waals surface area contributed by atoms with E-state index in [9.17, 15) is 8.42 Å². The largest absolute Gasteiger partial charge is 0.444 e. The second-order valence-corrected chi connectivity index (χ2v) is 7.29. The number of aryl methyl sites for hydroxylation is 2. The molecule has 0 fully saturated rings. The number of rotatable bonds is 2. The van der Waals surface area contributed by atoms with Gasteiger partial charge in [-0.3, -0.25) is 0 Å². The second kappa shape index (κ2) is 4.96. The summed E-state index contributed by atoms with van der Waals surface area (Å²) in [6.07, 6.45) is 0.585. The fourth-order valence-electron chi connectivity index (χ4n) is 2.71. The van der Waals surface area contributed by atoms with Crippen LogP contribution in [0.25, 0.3) is 0 Å². The Hall–Kier alpha value is -1.66. The Morgan fingerprint density at radius 1 is 1.24 bits per heavy atom. The number of fused-ring (bicyclic) bond motifs is 1. The summed E-state index contributed by atoms with van der Waals surface area (Å²) in [5, 5.41) is 0. The van der Waals surface area contributed by atoms with Crippen LogP contribution in [0.3, 0.4) is 0 Å². The maximum absolute atomic E-state index is 12.8. The summed E-state index contributed by atoms with van der Waals surface area (Å²) in [7, 11) is -3.52. The maximum Gasteiger partial charge on any atom is 0.243 e. The first-order chi connectivity index (χ1) is 9.89. The van der Waals surface area contributed by atoms with Gasteiger partial charge in [-0.25, -0.2) is 13.4 Å². The number of sulfonamides is 1. The van der Waals surface area contributed by atoms with E-state index in [4.69, 9.17) is 4.42 Å². The molecule has 2 aromatic rings. The van der Waals surface area contributed by atoms with Crippen LogP contribution in [0.4, 0.5) is 0 Å². The van der Waals surface area contributed by atoms with Crippen molar-refractivity contribution in [1.82, 2.24) is 9.29 Å². The van der Waals surface area contributed by atoms with Gasteiger partial charge in [0.2, 0.25) is 10.0 Å². The predicted octanol–water partition coefficient (Wildman–Crippen LogP) is 2.60. The number of oxazole rings is 1. The van der Waals surface area contributed by atoms with Gasteiger partial charge in [0.05, 0.1) is 16.6 Å². The van der Waals surface area contributed by atoms with E-state index in [1.165, 1.54) is 4.31 Å². The third kappa shape index (κ3) is 2.38. The molecule has 1 atom stereocenters. The van der Waals surface area contributed by atoms with E-state index in [1.807, 2.05) is 26.0 Å². The molecule has 0 amide bonds. The Morgan fingerprint density at radius 3 is 2.57 bits per heavy atom. The van der Waals surface area contributed by atoms with Crippen molar-refractivity contribution in [1.29, 1.82) is 0 Å². The minimum Gasteiger partial charge on any atom is -0.444 e. The summed E-state index contributed by atoms with van der Waals surface area (Å²) < 4.78 is 32.7. The maximum atomic E-state index is 12.8. The Labute approximate surface area is 124 Å². The first-order valence-corrected chi connectivity index (χ1v) is 8.38. The molecule has 0 bridgehead atoms. The molecule has 1 aromatic carbocycles. The van der Waals surface area contributed by atoms with Gasteiger partial charge in [0.15, 0.2) is 5.89 Å². The van der Waals surface area contributed by atoms with Crippen LogP contribution in [0, 0.1) is 13.8 Å². The molecule has 1 aliphatic rings. The molecule has 1 aromatic heterocycles. The van der Waals surface area contributed by atoms with E-state index < -0.39 is 10.0 Å². The fourth-order valence-corrected chi connectivity index (χ4v) is 4.30. The average Bonchev–Trinajstić information content (AvgIpc) is 2.81. The van der Waals surface area contributed by atoms with Gasteiger partial charge in [0.1, 0.15) is 5.76 Å². The Morgan fingerprint density at radius 2 is 1.90 bits per heavy atom. The number of nitrogens with zero attached hydrogens (tertiary/aromatic N) is 2. The van der Waals surface area contributed by atoms with Gasteiger partial charge >= 0.3 is 0 Å². The van der Waals surface area contributed by atoms with Crippen LogP contribution in [0.5, 0.6) is 0 Å². The van der Waals surface area contributed by atoms with E-state index in [1.54, 1.807) is 19.1 Å². The third-order valence-corrected chi connectivity index (χ3v) is 5.83. The Bertz CT molecular complexity index is 763. The Kier molecular flexibility index (Phi) is 3.37. The Balaban J connectivity index is 1.99. The van der Waals surface area contributed by atoms with E-state index in [2.05, 4.69) is 4.98 Å². The lowest BCUT2D eigenvalue weighted by molar-refractivity contribution is 0.278. The lowest BCUT2D eigenvalue weighted by atomic mass is 10.1. The lowest BCUT2D eigenvalue weighted by Crippen LogP contribution is -2.38. The van der Waals surface area contributed by atoms with Crippen LogP contribution in [-0.4, -0.2) is 24.3 Å². The number of hydrogen-bond acceptors (Lipinski definition) is 4. The highest BCUT2D eigenvalue weighted by molar-refractivity contribution is 7.89. The SMILES string of the molecule is Cc1ccc(S(=O)(=O)N2CCc3nc(C)oc3C2C)cc1. The molecule has 0 spiro atoms. The molecule has 0 radical (unpaired) electrons. The zero-order chi connectivity index (χ0) is 15.2. The molecule has 1 aliphatic heterocycles. The molecule has 2 heterocycles. The normalized spacial score (nSPS) is 19.5. The van der Waals surface area contributed by atoms with Crippen LogP contribution < -0.4 is 0 Å². The van der Waals surface area contributed by atoms with Gasteiger partial charge in [-0.15, -0.1) is 0 Å². The van der Waals surface area contributed by atoms with Crippen LogP contribution in [0.2, 0.25) is 0 Å². The zero-order valence-electron chi connectivity index (χ0n) is 12.3. The van der Waals surface area contributed by atoms with E-state index >= 15 is 0 Å². The van der Waals surface area contributed by atoms with Crippen LogP contribution in [0.1, 0.15) is 35.9 Å². The molecule has 5 nitrogen and oxygen atoms in total. The molecule has 0 N–H and O–H groups in total. The summed E-state index contributed by atoms with van der Waals surface area (Å²) in [5.41, 5.74) is 1.91. The quantitative estimate of drug-likeness (QED) is 0.855. The van der Waals surface area contributed by atoms with E-state index in [0.717, 1.165) is 11.3 Å². The van der Waals surface area contributed by atoms with Gasteiger partial charge in [-0.05, 0) is 26.0 Å². The van der Waals surface area contributed by atoms with Gasteiger partial charge in [-0.1, -0.05) is 17.7 Å². The van der Waals surface area contributed by atoms with Crippen molar-refractivity contribution in [3.8, 4) is 0 Å². The van der Waals surface area contributed by atoms with Crippen molar-refractivity contribution in [2.24, 2.45) is 0 Å². The van der Waals surface area contributed by atoms with Gasteiger partial charge in [0, 0.05) is 19.9 Å². The van der Waals surface area contributed by atoms with E-state index in [-0.39, 0.29) is 6.04 Å². The molecule has 21 heavy (non-hydrogen) atoms. The summed E-state index contributed by atoms with van der Waals surface area (Å²) >= 11 is 0. The first kappa shape index (κ1) is 14.3. The molecule has 1 unspecified atom stereocenters. The van der Waals surface area contributed by atoms with Crippen molar-refractivity contribution in [3.05, 3.63) is 47.2 Å². The summed E-state index contributed by atoms with van der Waals surface area (Å²) in [6, 6.07) is 6.59. The second-order valence-electron chi connectivity index (χ2n) is 5.40. The fraction of sp³-hybridized carbons (Fsp3) is 0.400. The minimum absolute atomic E-state index is 0.319. The average molecular weight is 306 g/mol. The topological polar surface area (TPSA) is 63.4 Å². The molecule has 0 aliphatic carbocycles. The summed E-state index contributed by atoms with van der Waals surface area (Å²) in [4.78, 5) is 4.63. The zero-order valence-corrected chi connectivity index (χ0v) is 13.1. The predicted molar refractivity (Wildman–Crippen MR) is 78.4 cm³/mol. The van der Waals surface area contributed by atoms with Crippen molar-refractivity contribution >= 4 is 10.0 Å². The summed E-state index contributed by atoms with van der Waals surface area (Å²) in [6.45, 7) is 5.98. The first-order valence-electron chi connectivity index (χ1n) is 6.94. The smallest absolute Gasteiger partial charge is 0.243 e. The number of aromatic nitrogens is 1. The molecular weight excluding hydrogens is 288 g/mol. The highest BCUT2D eigenvalue weighted by Crippen LogP contribution is 2.34. The van der Waals surface area contributed by atoms with Crippen molar-refractivity contribution in [2.45, 2.75) is 38.1 Å². The number of benzene rings is 1. The van der Waals surface area contributed by atoms with Gasteiger partial charge < -0.3 is 4.42 Å². The highest BCUT2D eigenvalue weighted by Gasteiger charge is 2.36. The minimum atomic E-state index is -3.52. The van der Waals surface area contributed by atoms with Crippen molar-refractivity contribution < 1.29 is 12.8 Å². The third-order valence-electron chi connectivity index (χ3n) is 3.84. The van der Waals surface area contributed by atoms with Gasteiger partial charge in [-0.2, -0.15) is 4.31 Å². The molecule has 0 saturated carbocycles. The van der Waals surface area contributed by atoms with Crippen molar-refractivity contribution in [2.75, 3.05) is 6.54 Å². The highest BCUT2D eigenvalue weighted by atomic mass is 32.2. The van der Waals surface area contributed by atoms with Crippen molar-refractivity contribution in [3.63, 3.8) is 0 Å². The summed E-state index contributed by atoms with van der Waals surface area (Å²) in [5.74, 6) is 1.25. The lowest BCUT2D eigenvalue weighted by Gasteiger charge is -2.30. The van der Waals surface area contributed by atoms with Crippen LogP contribution >= 0.6 is 0 Å². The van der Waals surface area contributed by atoms with E-state index in [0.29, 0.717) is 29.5 Å².